The zero-order valence-electron chi connectivity index (χ0n) is 13.4. The van der Waals surface area contributed by atoms with Crippen LogP contribution in [-0.4, -0.2) is 40.6 Å². The van der Waals surface area contributed by atoms with Crippen molar-refractivity contribution in [2.75, 3.05) is 26.2 Å². The molecular formula is C16H28N4. The van der Waals surface area contributed by atoms with Gasteiger partial charge in [0, 0.05) is 51.3 Å². The van der Waals surface area contributed by atoms with Gasteiger partial charge >= 0.3 is 0 Å². The highest BCUT2D eigenvalue weighted by atomic mass is 15.2. The van der Waals surface area contributed by atoms with E-state index in [9.17, 15) is 0 Å². The Balaban J connectivity index is 1.73. The Kier molecular flexibility index (Phi) is 3.63. The van der Waals surface area contributed by atoms with Gasteiger partial charge in [-0.15, -0.1) is 0 Å². The van der Waals surface area contributed by atoms with Gasteiger partial charge in [0.2, 0.25) is 0 Å². The van der Waals surface area contributed by atoms with Crippen LogP contribution in [0.4, 0.5) is 0 Å². The number of nitrogens with one attached hydrogen (secondary N) is 1. The molecule has 112 valence electrons. The summed E-state index contributed by atoms with van der Waals surface area (Å²) in [6, 6.07) is 0. The number of rotatable bonds is 3. The summed E-state index contributed by atoms with van der Waals surface area (Å²) in [6.45, 7) is 12.6. The van der Waals surface area contributed by atoms with E-state index in [1.807, 2.05) is 0 Å². The number of nitrogens with zero attached hydrogens (tertiary/aromatic N) is 3. The van der Waals surface area contributed by atoms with E-state index in [4.69, 9.17) is 4.98 Å². The molecule has 4 nitrogen and oxygen atoms in total. The molecule has 3 heterocycles. The molecule has 1 aromatic heterocycles. The van der Waals surface area contributed by atoms with Crippen LogP contribution in [0.2, 0.25) is 0 Å². The van der Waals surface area contributed by atoms with E-state index in [1.165, 1.54) is 43.3 Å². The first-order valence-electron chi connectivity index (χ1n) is 7.96. The molecule has 0 amide bonds. The zero-order chi connectivity index (χ0) is 14.3. The van der Waals surface area contributed by atoms with Crippen molar-refractivity contribution in [2.24, 2.45) is 12.5 Å². The van der Waals surface area contributed by atoms with E-state index < -0.39 is 0 Å². The average Bonchev–Trinajstić information content (AvgIpc) is 2.94. The lowest BCUT2D eigenvalue weighted by atomic mass is 9.88. The largest absolute Gasteiger partial charge is 0.335 e. The molecule has 2 aliphatic rings. The van der Waals surface area contributed by atoms with Gasteiger partial charge in [0.15, 0.2) is 0 Å². The Bertz CT molecular complexity index is 483. The maximum absolute atomic E-state index is 4.90. The monoisotopic (exact) mass is 276 g/mol. The minimum atomic E-state index is 0.452. The van der Waals surface area contributed by atoms with Gasteiger partial charge in [-0.25, -0.2) is 4.98 Å². The van der Waals surface area contributed by atoms with Gasteiger partial charge in [-0.05, 0) is 18.4 Å². The molecule has 1 aromatic rings. The predicted molar refractivity (Wildman–Crippen MR) is 81.9 cm³/mol. The Morgan fingerprint density at radius 3 is 2.85 bits per heavy atom. The van der Waals surface area contributed by atoms with Gasteiger partial charge in [0.1, 0.15) is 5.82 Å². The minimum Gasteiger partial charge on any atom is -0.335 e. The van der Waals surface area contributed by atoms with Crippen molar-refractivity contribution in [1.82, 2.24) is 19.8 Å². The van der Waals surface area contributed by atoms with Crippen molar-refractivity contribution in [1.29, 1.82) is 0 Å². The molecule has 1 unspecified atom stereocenters. The van der Waals surface area contributed by atoms with Gasteiger partial charge in [-0.3, -0.25) is 4.90 Å². The van der Waals surface area contributed by atoms with Crippen LogP contribution in [0.1, 0.15) is 50.3 Å². The van der Waals surface area contributed by atoms with Gasteiger partial charge < -0.3 is 9.88 Å². The van der Waals surface area contributed by atoms with Crippen LogP contribution >= 0.6 is 0 Å². The summed E-state index contributed by atoms with van der Waals surface area (Å²) < 4.78 is 2.33. The summed E-state index contributed by atoms with van der Waals surface area (Å²) in [6.07, 6.45) is 2.45. The zero-order valence-corrected chi connectivity index (χ0v) is 13.4. The highest BCUT2D eigenvalue weighted by Crippen LogP contribution is 2.29. The van der Waals surface area contributed by atoms with E-state index in [0.717, 1.165) is 19.5 Å². The topological polar surface area (TPSA) is 33.1 Å². The van der Waals surface area contributed by atoms with Crippen molar-refractivity contribution in [3.05, 3.63) is 17.2 Å². The van der Waals surface area contributed by atoms with Crippen LogP contribution in [0.3, 0.4) is 0 Å². The molecule has 0 saturated carbocycles. The normalized spacial score (nSPS) is 27.2. The number of fused-ring (bicyclic) bond motifs is 1. The second-order valence-electron chi connectivity index (χ2n) is 7.28. The van der Waals surface area contributed by atoms with Crippen molar-refractivity contribution >= 4 is 0 Å². The molecular weight excluding hydrogens is 248 g/mol. The minimum absolute atomic E-state index is 0.452. The van der Waals surface area contributed by atoms with Crippen molar-refractivity contribution in [3.8, 4) is 0 Å². The Labute approximate surface area is 122 Å². The number of hydrogen-bond acceptors (Lipinski definition) is 3. The van der Waals surface area contributed by atoms with E-state index in [2.05, 4.69) is 42.6 Å². The first kappa shape index (κ1) is 14.1. The van der Waals surface area contributed by atoms with Crippen LogP contribution < -0.4 is 5.32 Å². The standard InChI is InChI=1S/C16H28N4/c1-12(2)15-18-13-9-20(8-5-14(13)19(15)4)11-16(3)6-7-17-10-16/h12,17H,5-11H2,1-4H3. The summed E-state index contributed by atoms with van der Waals surface area (Å²) in [5, 5.41) is 3.50. The summed E-state index contributed by atoms with van der Waals surface area (Å²) in [5.41, 5.74) is 3.23. The Hall–Kier alpha value is -0.870. The lowest BCUT2D eigenvalue weighted by Gasteiger charge is -2.34. The molecule has 2 aliphatic heterocycles. The van der Waals surface area contributed by atoms with E-state index in [-0.39, 0.29) is 0 Å². The van der Waals surface area contributed by atoms with Crippen LogP contribution in [-0.2, 0) is 20.0 Å². The lowest BCUT2D eigenvalue weighted by Crippen LogP contribution is -2.40. The fourth-order valence-corrected chi connectivity index (χ4v) is 3.80. The second kappa shape index (κ2) is 5.15. The molecule has 4 heteroatoms. The molecule has 0 bridgehead atoms. The third-order valence-corrected chi connectivity index (χ3v) is 4.95. The molecule has 20 heavy (non-hydrogen) atoms. The lowest BCUT2D eigenvalue weighted by molar-refractivity contribution is 0.161. The quantitative estimate of drug-likeness (QED) is 0.915. The van der Waals surface area contributed by atoms with Crippen molar-refractivity contribution in [3.63, 3.8) is 0 Å². The molecule has 1 atom stereocenters. The third-order valence-electron chi connectivity index (χ3n) is 4.95. The Morgan fingerprint density at radius 2 is 2.20 bits per heavy atom. The smallest absolute Gasteiger partial charge is 0.111 e. The molecule has 1 fully saturated rings. The second-order valence-corrected chi connectivity index (χ2v) is 7.28. The molecule has 0 spiro atoms. The first-order valence-corrected chi connectivity index (χ1v) is 7.96. The van der Waals surface area contributed by atoms with Gasteiger partial charge in [-0.1, -0.05) is 20.8 Å². The molecule has 0 radical (unpaired) electrons. The molecule has 1 saturated heterocycles. The molecule has 3 rings (SSSR count). The summed E-state index contributed by atoms with van der Waals surface area (Å²) in [5.74, 6) is 1.75. The highest BCUT2D eigenvalue weighted by molar-refractivity contribution is 5.21. The number of hydrogen-bond donors (Lipinski definition) is 1. The summed E-state index contributed by atoms with van der Waals surface area (Å²) in [4.78, 5) is 7.51. The van der Waals surface area contributed by atoms with E-state index >= 15 is 0 Å². The van der Waals surface area contributed by atoms with E-state index in [1.54, 1.807) is 0 Å². The van der Waals surface area contributed by atoms with Crippen molar-refractivity contribution in [2.45, 2.75) is 46.1 Å². The highest BCUT2D eigenvalue weighted by Gasteiger charge is 2.32. The van der Waals surface area contributed by atoms with Crippen LogP contribution in [0.25, 0.3) is 0 Å². The number of imidazole rings is 1. The van der Waals surface area contributed by atoms with Gasteiger partial charge in [-0.2, -0.15) is 0 Å². The molecule has 0 aliphatic carbocycles. The molecule has 0 aromatic carbocycles. The van der Waals surface area contributed by atoms with Crippen LogP contribution in [0, 0.1) is 5.41 Å². The van der Waals surface area contributed by atoms with Gasteiger partial charge in [0.05, 0.1) is 5.69 Å². The maximum Gasteiger partial charge on any atom is 0.111 e. The van der Waals surface area contributed by atoms with Crippen LogP contribution in [0.15, 0.2) is 0 Å². The van der Waals surface area contributed by atoms with E-state index in [0.29, 0.717) is 11.3 Å². The van der Waals surface area contributed by atoms with Gasteiger partial charge in [0.25, 0.3) is 0 Å². The fourth-order valence-electron chi connectivity index (χ4n) is 3.80. The third kappa shape index (κ3) is 2.51. The average molecular weight is 276 g/mol. The molecule has 1 N–H and O–H groups in total. The predicted octanol–water partition coefficient (Wildman–Crippen LogP) is 1.90. The fraction of sp³-hybridized carbons (Fsp3) is 0.812. The Morgan fingerprint density at radius 1 is 1.40 bits per heavy atom. The first-order chi connectivity index (χ1) is 9.48. The number of aromatic nitrogens is 2. The van der Waals surface area contributed by atoms with Crippen molar-refractivity contribution < 1.29 is 0 Å². The maximum atomic E-state index is 4.90. The van der Waals surface area contributed by atoms with Crippen LogP contribution in [0.5, 0.6) is 0 Å². The summed E-state index contributed by atoms with van der Waals surface area (Å²) in [7, 11) is 2.18. The SMILES string of the molecule is CC(C)c1nc2c(n1C)CCN(CC1(C)CCNC1)C2. The summed E-state index contributed by atoms with van der Waals surface area (Å²) >= 11 is 0.